The van der Waals surface area contributed by atoms with Gasteiger partial charge in [-0.25, -0.2) is 4.98 Å². The topological polar surface area (TPSA) is 85.7 Å². The number of piperidine rings is 1. The Morgan fingerprint density at radius 2 is 1.83 bits per heavy atom. The maximum absolute atomic E-state index is 12.9. The smallest absolute Gasteiger partial charge is 0.261 e. The first kappa shape index (κ1) is 25.7. The van der Waals surface area contributed by atoms with Crippen LogP contribution in [0.5, 0.6) is 11.5 Å². The Morgan fingerprint density at radius 3 is 2.56 bits per heavy atom. The summed E-state index contributed by atoms with van der Waals surface area (Å²) < 4.78 is 12.1. The zero-order valence-corrected chi connectivity index (χ0v) is 21.5. The lowest BCUT2D eigenvalue weighted by Gasteiger charge is -2.30. The molecule has 1 unspecified atom stereocenters. The standard InChI is InChI=1S/C28H36N4O4/c1-20-6-4-12-31(17-20)18-22-10-8-21(9-11-22)16-29-27(33)7-5-13-32-19-30-24-15-26(36-3)25(35-2)14-23(24)28(32)34/h8-11,14-15,19-20H,4-7,12-13,16-18H2,1-3H3,(H,29,33). The highest BCUT2D eigenvalue weighted by Gasteiger charge is 2.16. The zero-order valence-electron chi connectivity index (χ0n) is 21.5. The summed E-state index contributed by atoms with van der Waals surface area (Å²) in [5.74, 6) is 1.75. The second-order valence-corrected chi connectivity index (χ2v) is 9.65. The van der Waals surface area contributed by atoms with Crippen molar-refractivity contribution in [3.8, 4) is 11.5 Å². The molecule has 2 heterocycles. The number of hydrogen-bond donors (Lipinski definition) is 1. The number of hydrogen-bond acceptors (Lipinski definition) is 6. The summed E-state index contributed by atoms with van der Waals surface area (Å²) in [6.45, 7) is 6.56. The monoisotopic (exact) mass is 492 g/mol. The fourth-order valence-corrected chi connectivity index (χ4v) is 4.79. The number of amides is 1. The van der Waals surface area contributed by atoms with Gasteiger partial charge in [-0.1, -0.05) is 31.2 Å². The number of nitrogens with one attached hydrogen (secondary N) is 1. The normalized spacial score (nSPS) is 16.1. The van der Waals surface area contributed by atoms with Crippen LogP contribution in [-0.4, -0.2) is 47.7 Å². The third-order valence-corrected chi connectivity index (χ3v) is 6.79. The number of fused-ring (bicyclic) bond motifs is 1. The van der Waals surface area contributed by atoms with Gasteiger partial charge in [0.25, 0.3) is 5.56 Å². The van der Waals surface area contributed by atoms with E-state index in [0.29, 0.717) is 48.3 Å². The largest absolute Gasteiger partial charge is 0.493 e. The van der Waals surface area contributed by atoms with Crippen LogP contribution >= 0.6 is 0 Å². The van der Waals surface area contributed by atoms with Crippen LogP contribution in [0.3, 0.4) is 0 Å². The zero-order chi connectivity index (χ0) is 25.5. The lowest BCUT2D eigenvalue weighted by molar-refractivity contribution is -0.121. The summed E-state index contributed by atoms with van der Waals surface area (Å²) in [7, 11) is 3.07. The highest BCUT2D eigenvalue weighted by molar-refractivity contribution is 5.81. The van der Waals surface area contributed by atoms with Crippen LogP contribution in [0.25, 0.3) is 10.9 Å². The predicted molar refractivity (Wildman–Crippen MR) is 140 cm³/mol. The summed E-state index contributed by atoms with van der Waals surface area (Å²) >= 11 is 0. The van der Waals surface area contributed by atoms with E-state index in [0.717, 1.165) is 18.0 Å². The van der Waals surface area contributed by atoms with E-state index in [-0.39, 0.29) is 11.5 Å². The van der Waals surface area contributed by atoms with Gasteiger partial charge in [0, 0.05) is 38.7 Å². The highest BCUT2D eigenvalue weighted by atomic mass is 16.5. The number of rotatable bonds is 10. The van der Waals surface area contributed by atoms with Gasteiger partial charge >= 0.3 is 0 Å². The fraction of sp³-hybridized carbons (Fsp3) is 0.464. The minimum Gasteiger partial charge on any atom is -0.493 e. The van der Waals surface area contributed by atoms with Crippen LogP contribution in [-0.2, 0) is 24.4 Å². The van der Waals surface area contributed by atoms with Crippen molar-refractivity contribution in [1.29, 1.82) is 0 Å². The average molecular weight is 493 g/mol. The molecule has 8 heteroatoms. The van der Waals surface area contributed by atoms with E-state index in [4.69, 9.17) is 9.47 Å². The van der Waals surface area contributed by atoms with Crippen LogP contribution in [0.15, 0.2) is 47.5 Å². The Bertz CT molecular complexity index is 1240. The molecule has 0 saturated carbocycles. The van der Waals surface area contributed by atoms with Gasteiger partial charge in [0.1, 0.15) is 0 Å². The number of carbonyl (C=O) groups is 1. The lowest BCUT2D eigenvalue weighted by Crippen LogP contribution is -2.33. The van der Waals surface area contributed by atoms with Gasteiger partial charge in [-0.05, 0) is 48.9 Å². The Kier molecular flexibility index (Phi) is 8.59. The van der Waals surface area contributed by atoms with E-state index in [1.165, 1.54) is 49.5 Å². The molecule has 1 N–H and O–H groups in total. The minimum absolute atomic E-state index is 0.0328. The van der Waals surface area contributed by atoms with Crippen molar-refractivity contribution in [3.05, 3.63) is 64.2 Å². The molecule has 3 aromatic rings. The van der Waals surface area contributed by atoms with E-state index in [1.807, 2.05) is 0 Å². The van der Waals surface area contributed by atoms with Gasteiger partial charge in [-0.2, -0.15) is 0 Å². The van der Waals surface area contributed by atoms with E-state index >= 15 is 0 Å². The number of aryl methyl sites for hydroxylation is 1. The summed E-state index contributed by atoms with van der Waals surface area (Å²) in [6, 6.07) is 11.8. The first-order chi connectivity index (χ1) is 17.5. The second-order valence-electron chi connectivity index (χ2n) is 9.65. The summed E-state index contributed by atoms with van der Waals surface area (Å²) in [4.78, 5) is 32.1. The molecule has 0 bridgehead atoms. The van der Waals surface area contributed by atoms with E-state index in [2.05, 4.69) is 46.4 Å². The molecular formula is C28H36N4O4. The van der Waals surface area contributed by atoms with E-state index in [1.54, 1.807) is 19.2 Å². The van der Waals surface area contributed by atoms with Crippen LogP contribution in [0.2, 0.25) is 0 Å². The molecule has 0 radical (unpaired) electrons. The number of benzene rings is 2. The van der Waals surface area contributed by atoms with Crippen molar-refractivity contribution in [1.82, 2.24) is 19.8 Å². The molecule has 192 valence electrons. The number of methoxy groups -OCH3 is 2. The fourth-order valence-electron chi connectivity index (χ4n) is 4.79. The van der Waals surface area contributed by atoms with Crippen molar-refractivity contribution in [2.45, 2.75) is 52.2 Å². The molecule has 1 amide bonds. The number of likely N-dealkylation sites (tertiary alicyclic amines) is 1. The first-order valence-electron chi connectivity index (χ1n) is 12.6. The summed E-state index contributed by atoms with van der Waals surface area (Å²) in [6.07, 6.45) is 5.00. The molecule has 1 aromatic heterocycles. The van der Waals surface area contributed by atoms with Crippen molar-refractivity contribution in [2.75, 3.05) is 27.3 Å². The van der Waals surface area contributed by atoms with Crippen LogP contribution in [0.4, 0.5) is 0 Å². The molecular weight excluding hydrogens is 456 g/mol. The van der Waals surface area contributed by atoms with Crippen LogP contribution < -0.4 is 20.3 Å². The summed E-state index contributed by atoms with van der Waals surface area (Å²) in [5.41, 5.74) is 2.77. The van der Waals surface area contributed by atoms with Crippen molar-refractivity contribution < 1.29 is 14.3 Å². The van der Waals surface area contributed by atoms with Gasteiger partial charge in [-0.15, -0.1) is 0 Å². The van der Waals surface area contributed by atoms with E-state index in [9.17, 15) is 9.59 Å². The number of ether oxygens (including phenoxy) is 2. The molecule has 0 aliphatic carbocycles. The minimum atomic E-state index is -0.166. The van der Waals surface area contributed by atoms with Crippen molar-refractivity contribution >= 4 is 16.8 Å². The predicted octanol–water partition coefficient (Wildman–Crippen LogP) is 3.74. The lowest BCUT2D eigenvalue weighted by atomic mass is 9.99. The summed E-state index contributed by atoms with van der Waals surface area (Å²) in [5, 5.41) is 3.44. The van der Waals surface area contributed by atoms with Gasteiger partial charge < -0.3 is 14.8 Å². The van der Waals surface area contributed by atoms with Gasteiger partial charge in [0.05, 0.1) is 31.4 Å². The molecule has 36 heavy (non-hydrogen) atoms. The molecule has 1 atom stereocenters. The number of aromatic nitrogens is 2. The molecule has 1 aliphatic heterocycles. The molecule has 1 fully saturated rings. The Hall–Kier alpha value is -3.39. The van der Waals surface area contributed by atoms with Crippen molar-refractivity contribution in [2.24, 2.45) is 5.92 Å². The molecule has 0 spiro atoms. The van der Waals surface area contributed by atoms with Crippen molar-refractivity contribution in [3.63, 3.8) is 0 Å². The molecule has 8 nitrogen and oxygen atoms in total. The number of carbonyl (C=O) groups excluding carboxylic acids is 1. The van der Waals surface area contributed by atoms with Crippen LogP contribution in [0.1, 0.15) is 43.7 Å². The Balaban J connectivity index is 1.25. The molecule has 4 rings (SSSR count). The molecule has 1 saturated heterocycles. The maximum Gasteiger partial charge on any atom is 0.261 e. The second kappa shape index (κ2) is 12.0. The van der Waals surface area contributed by atoms with Gasteiger partial charge in [0.15, 0.2) is 11.5 Å². The first-order valence-corrected chi connectivity index (χ1v) is 12.6. The number of nitrogens with zero attached hydrogens (tertiary/aromatic N) is 3. The maximum atomic E-state index is 12.9. The van der Waals surface area contributed by atoms with Gasteiger partial charge in [-0.3, -0.25) is 19.1 Å². The van der Waals surface area contributed by atoms with Gasteiger partial charge in [0.2, 0.25) is 5.91 Å². The SMILES string of the molecule is COc1cc2ncn(CCCC(=O)NCc3ccc(CN4CCCC(C)C4)cc3)c(=O)c2cc1OC. The van der Waals surface area contributed by atoms with Crippen LogP contribution in [0, 0.1) is 5.92 Å². The molecule has 2 aromatic carbocycles. The van der Waals surface area contributed by atoms with E-state index < -0.39 is 0 Å². The Morgan fingerprint density at radius 1 is 1.11 bits per heavy atom. The quantitative estimate of drug-likeness (QED) is 0.464. The average Bonchev–Trinajstić information content (AvgIpc) is 2.89. The third kappa shape index (κ3) is 6.43. The highest BCUT2D eigenvalue weighted by Crippen LogP contribution is 2.29. The molecule has 1 aliphatic rings. The third-order valence-electron chi connectivity index (χ3n) is 6.79. The Labute approximate surface area is 212 Å².